The number of nitriles is 1. The fraction of sp³-hybridized carbons (Fsp3) is 0.0833. The van der Waals surface area contributed by atoms with Crippen molar-refractivity contribution < 1.29 is 26.3 Å². The number of aromatic nitrogens is 5. The molecule has 5 rings (SSSR count). The zero-order valence-electron chi connectivity index (χ0n) is 19.6. The SMILES string of the molecule is COc1nc(C)c(C#N)cc1S(=O)(=O)Nc1ccc(F)c(-c2ccc3c(-c4ncc[nH]4)n[nH]c3c2F)c1F. The minimum atomic E-state index is -4.58. The number of ether oxygens (including phenoxy) is 1. The number of hydrogen-bond donors (Lipinski definition) is 3. The first-order valence-corrected chi connectivity index (χ1v) is 12.3. The summed E-state index contributed by atoms with van der Waals surface area (Å²) in [7, 11) is -3.40. The van der Waals surface area contributed by atoms with Crippen LogP contribution in [0.4, 0.5) is 18.9 Å². The van der Waals surface area contributed by atoms with Crippen LogP contribution in [0.15, 0.2) is 47.6 Å². The van der Waals surface area contributed by atoms with Crippen LogP contribution in [0, 0.1) is 35.7 Å². The number of anilines is 1. The van der Waals surface area contributed by atoms with Gasteiger partial charge in [-0.3, -0.25) is 9.82 Å². The molecule has 38 heavy (non-hydrogen) atoms. The van der Waals surface area contributed by atoms with E-state index in [0.29, 0.717) is 16.9 Å². The lowest BCUT2D eigenvalue weighted by molar-refractivity contribution is 0.384. The molecule has 0 amide bonds. The molecule has 192 valence electrons. The molecule has 0 saturated carbocycles. The van der Waals surface area contributed by atoms with Crippen LogP contribution < -0.4 is 9.46 Å². The number of aryl methyl sites for hydroxylation is 1. The van der Waals surface area contributed by atoms with Crippen LogP contribution in [0.25, 0.3) is 33.5 Å². The number of pyridine rings is 1. The Kier molecular flexibility index (Phi) is 6.00. The molecule has 3 N–H and O–H groups in total. The lowest BCUT2D eigenvalue weighted by Crippen LogP contribution is -2.17. The first-order chi connectivity index (χ1) is 18.2. The highest BCUT2D eigenvalue weighted by Crippen LogP contribution is 2.37. The summed E-state index contributed by atoms with van der Waals surface area (Å²) in [4.78, 5) is 10.3. The van der Waals surface area contributed by atoms with E-state index in [1.165, 1.54) is 26.3 Å². The van der Waals surface area contributed by atoms with Gasteiger partial charge in [-0.25, -0.2) is 31.6 Å². The van der Waals surface area contributed by atoms with Crippen molar-refractivity contribution in [1.82, 2.24) is 25.1 Å². The first-order valence-electron chi connectivity index (χ1n) is 10.8. The van der Waals surface area contributed by atoms with Crippen molar-refractivity contribution in [2.24, 2.45) is 0 Å². The van der Waals surface area contributed by atoms with Gasteiger partial charge in [-0.2, -0.15) is 10.4 Å². The van der Waals surface area contributed by atoms with Gasteiger partial charge in [-0.15, -0.1) is 0 Å². The van der Waals surface area contributed by atoms with E-state index in [2.05, 4.69) is 25.1 Å². The predicted molar refractivity (Wildman–Crippen MR) is 130 cm³/mol. The van der Waals surface area contributed by atoms with E-state index in [1.54, 1.807) is 6.20 Å². The lowest BCUT2D eigenvalue weighted by Gasteiger charge is -2.15. The van der Waals surface area contributed by atoms with Crippen molar-refractivity contribution in [1.29, 1.82) is 5.26 Å². The van der Waals surface area contributed by atoms with Crippen LogP contribution >= 0.6 is 0 Å². The molecule has 0 unspecified atom stereocenters. The van der Waals surface area contributed by atoms with Crippen molar-refractivity contribution in [3.63, 3.8) is 0 Å². The minimum Gasteiger partial charge on any atom is -0.480 e. The Morgan fingerprint density at radius 1 is 1.13 bits per heavy atom. The van der Waals surface area contributed by atoms with E-state index < -0.39 is 49.2 Å². The van der Waals surface area contributed by atoms with Crippen molar-refractivity contribution in [2.75, 3.05) is 11.8 Å². The predicted octanol–water partition coefficient (Wildman–Crippen LogP) is 4.42. The molecule has 0 spiro atoms. The number of nitrogens with one attached hydrogen (secondary N) is 3. The summed E-state index contributed by atoms with van der Waals surface area (Å²) in [5, 5.41) is 16.1. The number of fused-ring (bicyclic) bond motifs is 1. The molecule has 0 aliphatic rings. The summed E-state index contributed by atoms with van der Waals surface area (Å²) in [5.74, 6) is -3.47. The van der Waals surface area contributed by atoms with Gasteiger partial charge in [-0.05, 0) is 31.2 Å². The van der Waals surface area contributed by atoms with Crippen LogP contribution in [-0.2, 0) is 10.0 Å². The second-order valence-electron chi connectivity index (χ2n) is 7.99. The van der Waals surface area contributed by atoms with Crippen molar-refractivity contribution in [2.45, 2.75) is 11.8 Å². The molecule has 0 aliphatic heterocycles. The molecule has 0 bridgehead atoms. The molecule has 0 atom stereocenters. The monoisotopic (exact) mass is 539 g/mol. The Balaban J connectivity index is 1.60. The standard InChI is InChI=1S/C24H16F3N7O3S/c1-11-12(10-28)9-17(24(31-11)37-2)38(35,36)34-16-6-5-15(25)18(20(16)27)13-3-4-14-21(19(13)26)32-33-22(14)23-29-7-8-30-23/h3-9,34H,1-2H3,(H,29,30)(H,32,33). The molecule has 0 fully saturated rings. The molecule has 0 saturated heterocycles. The van der Waals surface area contributed by atoms with E-state index in [4.69, 9.17) is 4.74 Å². The van der Waals surface area contributed by atoms with Gasteiger partial charge in [0, 0.05) is 23.3 Å². The fourth-order valence-electron chi connectivity index (χ4n) is 3.92. The summed E-state index contributed by atoms with van der Waals surface area (Å²) >= 11 is 0. The number of methoxy groups -OCH3 is 1. The molecular formula is C24H16F3N7O3S. The van der Waals surface area contributed by atoms with Crippen LogP contribution in [-0.4, -0.2) is 40.7 Å². The second-order valence-corrected chi connectivity index (χ2v) is 9.64. The van der Waals surface area contributed by atoms with Gasteiger partial charge < -0.3 is 9.72 Å². The number of nitrogens with zero attached hydrogens (tertiary/aromatic N) is 4. The molecule has 10 nitrogen and oxygen atoms in total. The van der Waals surface area contributed by atoms with Crippen molar-refractivity contribution >= 4 is 26.6 Å². The molecular weight excluding hydrogens is 523 g/mol. The summed E-state index contributed by atoms with van der Waals surface area (Å²) in [6.07, 6.45) is 3.04. The Bertz CT molecular complexity index is 1860. The number of hydrogen-bond acceptors (Lipinski definition) is 7. The number of sulfonamides is 1. The van der Waals surface area contributed by atoms with Gasteiger partial charge >= 0.3 is 0 Å². The average Bonchev–Trinajstić information content (AvgIpc) is 3.57. The van der Waals surface area contributed by atoms with Gasteiger partial charge in [-0.1, -0.05) is 6.07 Å². The average molecular weight is 539 g/mol. The number of H-pyrrole nitrogens is 2. The lowest BCUT2D eigenvalue weighted by atomic mass is 10.0. The molecule has 5 aromatic rings. The first kappa shape index (κ1) is 24.8. The molecule has 0 radical (unpaired) electrons. The summed E-state index contributed by atoms with van der Waals surface area (Å²) in [5.41, 5.74) is -1.58. The summed E-state index contributed by atoms with van der Waals surface area (Å²) < 4.78 is 79.2. The van der Waals surface area contributed by atoms with Crippen LogP contribution in [0.2, 0.25) is 0 Å². The normalized spacial score (nSPS) is 11.5. The van der Waals surface area contributed by atoms with E-state index in [-0.39, 0.29) is 22.7 Å². The molecule has 14 heteroatoms. The van der Waals surface area contributed by atoms with Gasteiger partial charge in [0.15, 0.2) is 22.4 Å². The second kappa shape index (κ2) is 9.20. The topological polar surface area (TPSA) is 149 Å². The van der Waals surface area contributed by atoms with E-state index in [9.17, 15) is 18.1 Å². The largest absolute Gasteiger partial charge is 0.480 e. The van der Waals surface area contributed by atoms with Gasteiger partial charge in [0.1, 0.15) is 23.1 Å². The number of benzene rings is 2. The maximum atomic E-state index is 15.6. The quantitative estimate of drug-likeness (QED) is 0.289. The third-order valence-corrected chi connectivity index (χ3v) is 7.11. The zero-order valence-corrected chi connectivity index (χ0v) is 20.4. The van der Waals surface area contributed by atoms with E-state index >= 15 is 8.78 Å². The number of aromatic amines is 2. The highest BCUT2D eigenvalue weighted by Gasteiger charge is 2.27. The molecule has 0 aliphatic carbocycles. The van der Waals surface area contributed by atoms with Crippen LogP contribution in [0.1, 0.15) is 11.3 Å². The van der Waals surface area contributed by atoms with Gasteiger partial charge in [0.05, 0.1) is 29.6 Å². The Morgan fingerprint density at radius 2 is 1.92 bits per heavy atom. The number of imidazole rings is 1. The number of halogens is 3. The van der Waals surface area contributed by atoms with E-state index in [1.807, 2.05) is 10.8 Å². The maximum Gasteiger partial charge on any atom is 0.267 e. The Hall–Kier alpha value is -4.90. The van der Waals surface area contributed by atoms with Crippen molar-refractivity contribution in [3.8, 4) is 34.6 Å². The third-order valence-electron chi connectivity index (χ3n) is 5.75. The minimum absolute atomic E-state index is 0.0460. The summed E-state index contributed by atoms with van der Waals surface area (Å²) in [6.45, 7) is 1.49. The Morgan fingerprint density at radius 3 is 2.61 bits per heavy atom. The van der Waals surface area contributed by atoms with Gasteiger partial charge in [0.25, 0.3) is 10.0 Å². The van der Waals surface area contributed by atoms with Crippen LogP contribution in [0.3, 0.4) is 0 Å². The highest BCUT2D eigenvalue weighted by molar-refractivity contribution is 7.92. The smallest absolute Gasteiger partial charge is 0.267 e. The summed E-state index contributed by atoms with van der Waals surface area (Å²) in [6, 6.07) is 7.06. The zero-order chi connectivity index (χ0) is 27.2. The van der Waals surface area contributed by atoms with Crippen molar-refractivity contribution in [3.05, 3.63) is 71.4 Å². The highest BCUT2D eigenvalue weighted by atomic mass is 32.2. The number of rotatable bonds is 6. The van der Waals surface area contributed by atoms with Crippen LogP contribution in [0.5, 0.6) is 5.88 Å². The maximum absolute atomic E-state index is 15.6. The Labute approximate surface area is 213 Å². The van der Waals surface area contributed by atoms with Gasteiger partial charge in [0.2, 0.25) is 5.88 Å². The third kappa shape index (κ3) is 3.98. The molecule has 2 aromatic carbocycles. The molecule has 3 heterocycles. The van der Waals surface area contributed by atoms with E-state index in [0.717, 1.165) is 24.3 Å². The fourth-order valence-corrected chi connectivity index (χ4v) is 5.11. The molecule has 3 aromatic heterocycles.